The molecule has 1 aliphatic carbocycles. The second kappa shape index (κ2) is 11.7. The maximum absolute atomic E-state index is 15.0. The summed E-state index contributed by atoms with van der Waals surface area (Å²) >= 11 is 0. The molecule has 0 aromatic heterocycles. The number of benzene rings is 3. The van der Waals surface area contributed by atoms with Gasteiger partial charge in [-0.1, -0.05) is 32.4 Å². The largest absolute Gasteiger partial charge is 0.497 e. The van der Waals surface area contributed by atoms with Crippen LogP contribution in [0.5, 0.6) is 17.2 Å². The first-order chi connectivity index (χ1) is 18.9. The highest BCUT2D eigenvalue weighted by Gasteiger charge is 2.33. The molecule has 0 amide bonds. The molecule has 3 aromatic carbocycles. The Kier molecular flexibility index (Phi) is 8.12. The van der Waals surface area contributed by atoms with Crippen LogP contribution in [-0.2, 0) is 11.8 Å². The van der Waals surface area contributed by atoms with Crippen molar-refractivity contribution in [3.05, 3.63) is 83.2 Å². The number of anilines is 2. The average Bonchev–Trinajstić information content (AvgIpc) is 2.95. The lowest BCUT2D eigenvalue weighted by atomic mass is 9.69. The van der Waals surface area contributed by atoms with Crippen molar-refractivity contribution >= 4 is 16.9 Å². The molecule has 1 N–H and O–H groups in total. The minimum atomic E-state index is -0.372. The van der Waals surface area contributed by atoms with Crippen molar-refractivity contribution < 1.29 is 18.6 Å². The second-order valence-electron chi connectivity index (χ2n) is 10.9. The van der Waals surface area contributed by atoms with Crippen molar-refractivity contribution in [2.24, 2.45) is 0 Å². The highest BCUT2D eigenvalue weighted by molar-refractivity contribution is 5.86. The second-order valence-corrected chi connectivity index (χ2v) is 10.9. The van der Waals surface area contributed by atoms with E-state index in [0.29, 0.717) is 12.3 Å². The smallest absolute Gasteiger partial charge is 0.167 e. The maximum atomic E-state index is 15.0. The van der Waals surface area contributed by atoms with Gasteiger partial charge < -0.3 is 19.5 Å². The van der Waals surface area contributed by atoms with Gasteiger partial charge in [-0.05, 0) is 85.5 Å². The standard InChI is InChI=1S/C33H39FN2O3/c1-33(2)28-14-11-25(37-3)20-23(28)8-13-29(33)27-12-10-26(38-4)22-31(27)35-24-9-15-32(30(34)21-24)39-19-18-36-16-6-5-7-17-36/h9-15,20-22,35H,5-8,16-19H2,1-4H3. The van der Waals surface area contributed by atoms with Gasteiger partial charge >= 0.3 is 0 Å². The van der Waals surface area contributed by atoms with Gasteiger partial charge in [0.2, 0.25) is 0 Å². The number of ether oxygens (including phenoxy) is 3. The lowest BCUT2D eigenvalue weighted by Crippen LogP contribution is -2.33. The van der Waals surface area contributed by atoms with Crippen molar-refractivity contribution in [2.75, 3.05) is 45.8 Å². The van der Waals surface area contributed by atoms with E-state index in [1.54, 1.807) is 20.3 Å². The summed E-state index contributed by atoms with van der Waals surface area (Å²) in [6, 6.07) is 17.4. The van der Waals surface area contributed by atoms with E-state index in [1.807, 2.05) is 24.3 Å². The predicted octanol–water partition coefficient (Wildman–Crippen LogP) is 7.37. The van der Waals surface area contributed by atoms with Crippen LogP contribution in [0.2, 0.25) is 0 Å². The van der Waals surface area contributed by atoms with E-state index in [9.17, 15) is 0 Å². The molecule has 39 heavy (non-hydrogen) atoms. The van der Waals surface area contributed by atoms with Crippen LogP contribution in [0.1, 0.15) is 49.8 Å². The van der Waals surface area contributed by atoms with E-state index in [0.717, 1.165) is 48.8 Å². The average molecular weight is 531 g/mol. The zero-order valence-electron chi connectivity index (χ0n) is 23.5. The topological polar surface area (TPSA) is 43.0 Å². The molecule has 1 saturated heterocycles. The van der Waals surface area contributed by atoms with Crippen LogP contribution < -0.4 is 19.5 Å². The first-order valence-electron chi connectivity index (χ1n) is 13.9. The summed E-state index contributed by atoms with van der Waals surface area (Å²) in [4.78, 5) is 2.39. The van der Waals surface area contributed by atoms with Crippen LogP contribution >= 0.6 is 0 Å². The normalized spacial score (nSPS) is 16.7. The zero-order valence-corrected chi connectivity index (χ0v) is 23.5. The Bertz CT molecular complexity index is 1340. The number of piperidine rings is 1. The summed E-state index contributed by atoms with van der Waals surface area (Å²) < 4.78 is 31.8. The van der Waals surface area contributed by atoms with Gasteiger partial charge in [0.05, 0.1) is 14.2 Å². The number of hydrogen-bond donors (Lipinski definition) is 1. The summed E-state index contributed by atoms with van der Waals surface area (Å²) in [7, 11) is 3.35. The molecule has 0 atom stereocenters. The third-order valence-corrected chi connectivity index (χ3v) is 8.03. The van der Waals surface area contributed by atoms with Crippen LogP contribution in [0.4, 0.5) is 15.8 Å². The van der Waals surface area contributed by atoms with Gasteiger partial charge in [0.25, 0.3) is 0 Å². The number of likely N-dealkylation sites (tertiary alicyclic amines) is 1. The molecule has 2 aliphatic rings. The molecule has 1 fully saturated rings. The number of rotatable bonds is 9. The maximum Gasteiger partial charge on any atom is 0.167 e. The Hall–Kier alpha value is -3.51. The third-order valence-electron chi connectivity index (χ3n) is 8.03. The summed E-state index contributed by atoms with van der Waals surface area (Å²) in [5.74, 6) is 1.52. The molecule has 5 rings (SSSR count). The van der Waals surface area contributed by atoms with Crippen molar-refractivity contribution in [2.45, 2.75) is 44.9 Å². The molecule has 0 bridgehead atoms. The van der Waals surface area contributed by atoms with Crippen LogP contribution in [0.15, 0.2) is 60.7 Å². The molecule has 0 radical (unpaired) electrons. The van der Waals surface area contributed by atoms with Crippen LogP contribution in [0, 0.1) is 5.82 Å². The molecular weight excluding hydrogens is 491 g/mol. The quantitative estimate of drug-likeness (QED) is 0.313. The van der Waals surface area contributed by atoms with Gasteiger partial charge in [0.1, 0.15) is 18.1 Å². The van der Waals surface area contributed by atoms with Gasteiger partial charge in [0.15, 0.2) is 11.6 Å². The Morgan fingerprint density at radius 3 is 2.38 bits per heavy atom. The molecule has 6 heteroatoms. The van der Waals surface area contributed by atoms with E-state index in [1.165, 1.54) is 42.0 Å². The number of fused-ring (bicyclic) bond motifs is 1. The first kappa shape index (κ1) is 27.1. The van der Waals surface area contributed by atoms with E-state index in [-0.39, 0.29) is 17.0 Å². The zero-order chi connectivity index (χ0) is 27.4. The van der Waals surface area contributed by atoms with Crippen molar-refractivity contribution in [1.82, 2.24) is 4.90 Å². The monoisotopic (exact) mass is 530 g/mol. The molecule has 3 aromatic rings. The minimum Gasteiger partial charge on any atom is -0.497 e. The SMILES string of the molecule is COc1ccc2c(c1)CC=C(c1ccc(OC)cc1Nc1ccc(OCCN3CCCCC3)c(F)c1)C2(C)C. The fraction of sp³-hybridized carbons (Fsp3) is 0.394. The number of nitrogens with one attached hydrogen (secondary N) is 1. The molecule has 5 nitrogen and oxygen atoms in total. The van der Waals surface area contributed by atoms with Crippen LogP contribution in [-0.4, -0.2) is 45.4 Å². The van der Waals surface area contributed by atoms with Crippen molar-refractivity contribution in [3.8, 4) is 17.2 Å². The lowest BCUT2D eigenvalue weighted by Gasteiger charge is -2.36. The van der Waals surface area contributed by atoms with Gasteiger partial charge in [-0.3, -0.25) is 4.90 Å². The Morgan fingerprint density at radius 2 is 1.64 bits per heavy atom. The van der Waals surface area contributed by atoms with Gasteiger partial charge in [-0.15, -0.1) is 0 Å². The van der Waals surface area contributed by atoms with E-state index < -0.39 is 0 Å². The molecule has 1 aliphatic heterocycles. The van der Waals surface area contributed by atoms with E-state index in [2.05, 4.69) is 48.3 Å². The molecule has 0 saturated carbocycles. The molecule has 0 spiro atoms. The minimum absolute atomic E-state index is 0.234. The summed E-state index contributed by atoms with van der Waals surface area (Å²) in [6.07, 6.45) is 6.86. The first-order valence-corrected chi connectivity index (χ1v) is 13.9. The molecule has 0 unspecified atom stereocenters. The van der Waals surface area contributed by atoms with Gasteiger partial charge in [-0.2, -0.15) is 0 Å². The van der Waals surface area contributed by atoms with E-state index >= 15 is 4.39 Å². The van der Waals surface area contributed by atoms with Crippen molar-refractivity contribution in [3.63, 3.8) is 0 Å². The molecule has 1 heterocycles. The number of hydrogen-bond acceptors (Lipinski definition) is 5. The predicted molar refractivity (Wildman–Crippen MR) is 156 cm³/mol. The van der Waals surface area contributed by atoms with Gasteiger partial charge in [0, 0.05) is 41.0 Å². The fourth-order valence-electron chi connectivity index (χ4n) is 5.84. The molecule has 206 valence electrons. The van der Waals surface area contributed by atoms with Crippen LogP contribution in [0.25, 0.3) is 5.57 Å². The fourth-order valence-corrected chi connectivity index (χ4v) is 5.84. The Balaban J connectivity index is 1.37. The van der Waals surface area contributed by atoms with Gasteiger partial charge in [-0.25, -0.2) is 4.39 Å². The summed E-state index contributed by atoms with van der Waals surface area (Å²) in [6.45, 7) is 8.00. The lowest BCUT2D eigenvalue weighted by molar-refractivity contribution is 0.180. The molecular formula is C33H39FN2O3. The van der Waals surface area contributed by atoms with Crippen LogP contribution in [0.3, 0.4) is 0 Å². The number of halogens is 1. The summed E-state index contributed by atoms with van der Waals surface area (Å²) in [5, 5.41) is 3.46. The van der Waals surface area contributed by atoms with Crippen molar-refractivity contribution in [1.29, 1.82) is 0 Å². The third kappa shape index (κ3) is 5.91. The Morgan fingerprint density at radius 1 is 0.897 bits per heavy atom. The Labute approximate surface area is 231 Å². The number of allylic oxidation sites excluding steroid dienone is 2. The highest BCUT2D eigenvalue weighted by atomic mass is 19.1. The van der Waals surface area contributed by atoms with E-state index in [4.69, 9.17) is 14.2 Å². The number of methoxy groups -OCH3 is 2. The number of nitrogens with zero attached hydrogens (tertiary/aromatic N) is 1. The highest BCUT2D eigenvalue weighted by Crippen LogP contribution is 2.46. The summed E-state index contributed by atoms with van der Waals surface area (Å²) in [5.41, 5.74) is 6.10.